The Hall–Kier alpha value is -0.350. The highest BCUT2D eigenvalue weighted by Gasteiger charge is 2.14. The first-order chi connectivity index (χ1) is 6.79. The molecule has 0 aliphatic heterocycles. The summed E-state index contributed by atoms with van der Waals surface area (Å²) in [7, 11) is 0. The van der Waals surface area contributed by atoms with E-state index in [-0.39, 0.29) is 5.91 Å². The van der Waals surface area contributed by atoms with Crippen molar-refractivity contribution in [3.63, 3.8) is 0 Å². The van der Waals surface area contributed by atoms with Crippen LogP contribution in [0.4, 0.5) is 0 Å². The van der Waals surface area contributed by atoms with Crippen molar-refractivity contribution >= 4 is 33.2 Å². The van der Waals surface area contributed by atoms with E-state index in [1.165, 1.54) is 11.3 Å². The molecule has 0 fully saturated rings. The van der Waals surface area contributed by atoms with Crippen molar-refractivity contribution < 1.29 is 4.79 Å². The van der Waals surface area contributed by atoms with Gasteiger partial charge in [0.1, 0.15) is 0 Å². The Morgan fingerprint density at radius 3 is 2.86 bits per heavy atom. The van der Waals surface area contributed by atoms with Gasteiger partial charge in [-0.1, -0.05) is 28.9 Å². The second-order valence-corrected chi connectivity index (χ2v) is 4.70. The van der Waals surface area contributed by atoms with E-state index in [0.717, 1.165) is 29.7 Å². The molecule has 0 N–H and O–H groups in total. The summed E-state index contributed by atoms with van der Waals surface area (Å²) >= 11 is 4.87. The summed E-state index contributed by atoms with van der Waals surface area (Å²) in [5.74, 6) is 0.154. The summed E-state index contributed by atoms with van der Waals surface area (Å²) in [6.07, 6.45) is 1.00. The molecule has 1 rings (SSSR count). The Balaban J connectivity index is 2.63. The predicted molar refractivity (Wildman–Crippen MR) is 64.3 cm³/mol. The SMILES string of the molecule is CCCN(CCBr)C(=O)c1cccs1. The Labute approximate surface area is 97.1 Å². The topological polar surface area (TPSA) is 20.3 Å². The first kappa shape index (κ1) is 11.7. The lowest BCUT2D eigenvalue weighted by Crippen LogP contribution is -2.32. The Morgan fingerprint density at radius 2 is 2.36 bits per heavy atom. The third kappa shape index (κ3) is 3.10. The maximum atomic E-state index is 11.9. The molecule has 78 valence electrons. The summed E-state index contributed by atoms with van der Waals surface area (Å²) in [5.41, 5.74) is 0. The molecule has 0 aliphatic rings. The number of rotatable bonds is 5. The number of amides is 1. The quantitative estimate of drug-likeness (QED) is 0.757. The van der Waals surface area contributed by atoms with Gasteiger partial charge in [0.15, 0.2) is 0 Å². The molecule has 14 heavy (non-hydrogen) atoms. The number of thiophene rings is 1. The van der Waals surface area contributed by atoms with E-state index >= 15 is 0 Å². The van der Waals surface area contributed by atoms with E-state index in [1.807, 2.05) is 22.4 Å². The lowest BCUT2D eigenvalue weighted by atomic mass is 10.3. The zero-order valence-corrected chi connectivity index (χ0v) is 10.6. The first-order valence-electron chi connectivity index (χ1n) is 4.68. The maximum absolute atomic E-state index is 11.9. The van der Waals surface area contributed by atoms with Gasteiger partial charge in [-0.2, -0.15) is 0 Å². The molecule has 0 aromatic carbocycles. The van der Waals surface area contributed by atoms with Crippen LogP contribution in [0.5, 0.6) is 0 Å². The summed E-state index contributed by atoms with van der Waals surface area (Å²) in [5, 5.41) is 2.77. The van der Waals surface area contributed by atoms with Crippen LogP contribution in [-0.2, 0) is 0 Å². The summed E-state index contributed by atoms with van der Waals surface area (Å²) in [6.45, 7) is 3.70. The Kier molecular flexibility index (Phi) is 5.19. The Bertz CT molecular complexity index is 268. The standard InChI is InChI=1S/C10H14BrNOS/c1-2-6-12(7-5-11)10(13)9-4-3-8-14-9/h3-4,8H,2,5-7H2,1H3. The largest absolute Gasteiger partial charge is 0.337 e. The Morgan fingerprint density at radius 1 is 1.57 bits per heavy atom. The van der Waals surface area contributed by atoms with Crippen LogP contribution in [0.25, 0.3) is 0 Å². The molecule has 0 unspecified atom stereocenters. The third-order valence-corrected chi connectivity index (χ3v) is 3.08. The van der Waals surface area contributed by atoms with Crippen LogP contribution in [-0.4, -0.2) is 29.2 Å². The molecule has 0 aliphatic carbocycles. The van der Waals surface area contributed by atoms with Crippen molar-refractivity contribution in [1.29, 1.82) is 0 Å². The van der Waals surface area contributed by atoms with Crippen molar-refractivity contribution in [1.82, 2.24) is 4.90 Å². The first-order valence-corrected chi connectivity index (χ1v) is 6.68. The molecule has 0 radical (unpaired) electrons. The van der Waals surface area contributed by atoms with Gasteiger partial charge >= 0.3 is 0 Å². The van der Waals surface area contributed by atoms with Crippen LogP contribution in [0.2, 0.25) is 0 Å². The average molecular weight is 276 g/mol. The van der Waals surface area contributed by atoms with Gasteiger partial charge in [0.25, 0.3) is 5.91 Å². The fourth-order valence-electron chi connectivity index (χ4n) is 1.24. The summed E-state index contributed by atoms with van der Waals surface area (Å²) < 4.78 is 0. The molecule has 1 aromatic rings. The molecular formula is C10H14BrNOS. The number of carbonyl (C=O) groups is 1. The lowest BCUT2D eigenvalue weighted by molar-refractivity contribution is 0.0771. The number of alkyl halides is 1. The van der Waals surface area contributed by atoms with E-state index in [0.29, 0.717) is 0 Å². The minimum absolute atomic E-state index is 0.154. The summed E-state index contributed by atoms with van der Waals surface area (Å²) in [6, 6.07) is 3.79. The van der Waals surface area contributed by atoms with Crippen molar-refractivity contribution in [3.8, 4) is 0 Å². The number of hydrogen-bond donors (Lipinski definition) is 0. The van der Waals surface area contributed by atoms with Crippen LogP contribution >= 0.6 is 27.3 Å². The number of carbonyl (C=O) groups excluding carboxylic acids is 1. The highest BCUT2D eigenvalue weighted by Crippen LogP contribution is 2.12. The smallest absolute Gasteiger partial charge is 0.263 e. The van der Waals surface area contributed by atoms with E-state index in [1.54, 1.807) is 0 Å². The van der Waals surface area contributed by atoms with E-state index in [9.17, 15) is 4.79 Å². The lowest BCUT2D eigenvalue weighted by Gasteiger charge is -2.19. The van der Waals surface area contributed by atoms with Crippen molar-refractivity contribution in [3.05, 3.63) is 22.4 Å². The minimum Gasteiger partial charge on any atom is -0.337 e. The zero-order chi connectivity index (χ0) is 10.4. The van der Waals surface area contributed by atoms with Gasteiger partial charge in [0, 0.05) is 18.4 Å². The predicted octanol–water partition coefficient (Wildman–Crippen LogP) is 3.00. The van der Waals surface area contributed by atoms with Crippen LogP contribution in [0.15, 0.2) is 17.5 Å². The molecule has 1 heterocycles. The van der Waals surface area contributed by atoms with E-state index < -0.39 is 0 Å². The zero-order valence-electron chi connectivity index (χ0n) is 8.20. The molecule has 2 nitrogen and oxygen atoms in total. The molecule has 4 heteroatoms. The number of halogens is 1. The normalized spacial score (nSPS) is 10.1. The van der Waals surface area contributed by atoms with Gasteiger partial charge in [-0.15, -0.1) is 11.3 Å². The second-order valence-electron chi connectivity index (χ2n) is 2.96. The summed E-state index contributed by atoms with van der Waals surface area (Å²) in [4.78, 5) is 14.6. The number of hydrogen-bond acceptors (Lipinski definition) is 2. The molecule has 0 spiro atoms. The number of nitrogens with zero attached hydrogens (tertiary/aromatic N) is 1. The van der Waals surface area contributed by atoms with Crippen LogP contribution in [0.1, 0.15) is 23.0 Å². The molecule has 0 atom stereocenters. The van der Waals surface area contributed by atoms with E-state index in [4.69, 9.17) is 0 Å². The second kappa shape index (κ2) is 6.19. The van der Waals surface area contributed by atoms with Gasteiger partial charge in [0.05, 0.1) is 4.88 Å². The van der Waals surface area contributed by atoms with Crippen LogP contribution < -0.4 is 0 Å². The van der Waals surface area contributed by atoms with Crippen LogP contribution in [0.3, 0.4) is 0 Å². The monoisotopic (exact) mass is 275 g/mol. The van der Waals surface area contributed by atoms with Gasteiger partial charge in [-0.25, -0.2) is 0 Å². The minimum atomic E-state index is 0.154. The molecule has 1 aromatic heterocycles. The van der Waals surface area contributed by atoms with Crippen LogP contribution in [0, 0.1) is 0 Å². The third-order valence-electron chi connectivity index (χ3n) is 1.87. The molecule has 1 amide bonds. The van der Waals surface area contributed by atoms with Crippen molar-refractivity contribution in [2.75, 3.05) is 18.4 Å². The average Bonchev–Trinajstić information content (AvgIpc) is 2.69. The highest BCUT2D eigenvalue weighted by molar-refractivity contribution is 9.09. The van der Waals surface area contributed by atoms with Gasteiger partial charge in [-0.05, 0) is 17.9 Å². The van der Waals surface area contributed by atoms with Gasteiger partial charge in [0.2, 0.25) is 0 Å². The van der Waals surface area contributed by atoms with Crippen molar-refractivity contribution in [2.45, 2.75) is 13.3 Å². The van der Waals surface area contributed by atoms with Crippen molar-refractivity contribution in [2.24, 2.45) is 0 Å². The van der Waals surface area contributed by atoms with Gasteiger partial charge < -0.3 is 4.90 Å². The van der Waals surface area contributed by atoms with E-state index in [2.05, 4.69) is 22.9 Å². The molecule has 0 saturated carbocycles. The maximum Gasteiger partial charge on any atom is 0.263 e. The molecule has 0 bridgehead atoms. The molecular weight excluding hydrogens is 262 g/mol. The molecule has 0 saturated heterocycles. The highest BCUT2D eigenvalue weighted by atomic mass is 79.9. The fourth-order valence-corrected chi connectivity index (χ4v) is 2.36. The van der Waals surface area contributed by atoms with Gasteiger partial charge in [-0.3, -0.25) is 4.79 Å². The fraction of sp³-hybridized carbons (Fsp3) is 0.500.